The molecule has 1 aromatic carbocycles. The summed E-state index contributed by atoms with van der Waals surface area (Å²) in [6.45, 7) is 5.43. The minimum absolute atomic E-state index is 0.0128. The first kappa shape index (κ1) is 16.5. The van der Waals surface area contributed by atoms with Gasteiger partial charge in [0, 0.05) is 17.7 Å². The van der Waals surface area contributed by atoms with Crippen molar-refractivity contribution in [3.8, 4) is 5.75 Å². The fraction of sp³-hybridized carbons (Fsp3) is 0.333. The van der Waals surface area contributed by atoms with E-state index in [1.807, 2.05) is 13.8 Å². The van der Waals surface area contributed by atoms with Crippen molar-refractivity contribution in [1.29, 1.82) is 0 Å². The lowest BCUT2D eigenvalue weighted by Crippen LogP contribution is -2.34. The lowest BCUT2D eigenvalue weighted by molar-refractivity contribution is -0.384. The van der Waals surface area contributed by atoms with Crippen molar-refractivity contribution in [1.82, 2.24) is 10.5 Å². The average Bonchev–Trinajstić information content (AvgIpc) is 2.78. The maximum absolute atomic E-state index is 12.2. The Morgan fingerprint density at radius 1 is 1.48 bits per heavy atom. The molecule has 2 aromatic rings. The van der Waals surface area contributed by atoms with Crippen LogP contribution in [0.25, 0.3) is 0 Å². The molecule has 0 radical (unpaired) electrons. The molecule has 0 unspecified atom stereocenters. The number of hydrogen-bond acceptors (Lipinski definition) is 6. The number of aryl methyl sites for hydroxylation is 2. The number of hydrogen-bond donors (Lipinski definition) is 2. The lowest BCUT2D eigenvalue weighted by atomic mass is 10.1. The third-order valence-corrected chi connectivity index (χ3v) is 3.51. The predicted molar refractivity (Wildman–Crippen MR) is 81.4 cm³/mol. The minimum atomic E-state index is -0.637. The van der Waals surface area contributed by atoms with Crippen molar-refractivity contribution >= 4 is 11.6 Å². The number of rotatable bonds is 5. The number of amides is 1. The van der Waals surface area contributed by atoms with Gasteiger partial charge in [0.05, 0.1) is 22.2 Å². The van der Waals surface area contributed by atoms with E-state index in [4.69, 9.17) is 4.52 Å². The molecule has 1 atom stereocenters. The molecule has 0 saturated heterocycles. The molecule has 1 amide bonds. The predicted octanol–water partition coefficient (Wildman–Crippen LogP) is 2.27. The van der Waals surface area contributed by atoms with Crippen molar-refractivity contribution in [2.24, 2.45) is 0 Å². The first-order valence-corrected chi connectivity index (χ1v) is 6.99. The maximum atomic E-state index is 12.2. The third kappa shape index (κ3) is 3.65. The first-order chi connectivity index (χ1) is 10.8. The van der Waals surface area contributed by atoms with Crippen LogP contribution in [0.1, 0.15) is 34.3 Å². The Bertz CT molecular complexity index is 734. The number of aromatic hydroxyl groups is 1. The fourth-order valence-electron chi connectivity index (χ4n) is 2.28. The number of nitrogens with one attached hydrogen (secondary N) is 1. The van der Waals surface area contributed by atoms with E-state index in [0.717, 1.165) is 17.3 Å². The van der Waals surface area contributed by atoms with E-state index in [0.29, 0.717) is 12.2 Å². The van der Waals surface area contributed by atoms with Crippen LogP contribution in [0, 0.1) is 24.0 Å². The topological polar surface area (TPSA) is 119 Å². The van der Waals surface area contributed by atoms with Crippen LogP contribution in [0.2, 0.25) is 0 Å². The molecule has 0 fully saturated rings. The van der Waals surface area contributed by atoms with Crippen molar-refractivity contribution < 1.29 is 19.3 Å². The molecule has 122 valence electrons. The number of nitrogens with zero attached hydrogens (tertiary/aromatic N) is 2. The minimum Gasteiger partial charge on any atom is -0.507 e. The van der Waals surface area contributed by atoms with Gasteiger partial charge in [-0.25, -0.2) is 0 Å². The number of phenols is 1. The van der Waals surface area contributed by atoms with Crippen molar-refractivity contribution in [2.75, 3.05) is 0 Å². The number of nitro benzene ring substituents is 1. The zero-order valence-electron chi connectivity index (χ0n) is 13.0. The highest BCUT2D eigenvalue weighted by Crippen LogP contribution is 2.23. The van der Waals surface area contributed by atoms with Crippen LogP contribution in [0.4, 0.5) is 5.69 Å². The summed E-state index contributed by atoms with van der Waals surface area (Å²) >= 11 is 0. The van der Waals surface area contributed by atoms with Gasteiger partial charge in [0.1, 0.15) is 11.5 Å². The van der Waals surface area contributed by atoms with Crippen molar-refractivity contribution in [3.63, 3.8) is 0 Å². The number of carbonyl (C=O) groups excluding carboxylic acids is 1. The average molecular weight is 319 g/mol. The van der Waals surface area contributed by atoms with Gasteiger partial charge in [0.15, 0.2) is 0 Å². The SMILES string of the molecule is Cc1noc(C)c1C[C@@H](C)NC(=O)c1ccc([N+](=O)[O-])cc1O. The van der Waals surface area contributed by atoms with Crippen LogP contribution in [-0.2, 0) is 6.42 Å². The van der Waals surface area contributed by atoms with Gasteiger partial charge >= 0.3 is 0 Å². The van der Waals surface area contributed by atoms with E-state index in [1.165, 1.54) is 12.1 Å². The van der Waals surface area contributed by atoms with Crippen LogP contribution in [0.3, 0.4) is 0 Å². The number of phenolic OH excluding ortho intramolecular Hbond substituents is 1. The normalized spacial score (nSPS) is 12.0. The molecule has 0 saturated carbocycles. The summed E-state index contributed by atoms with van der Waals surface area (Å²) in [4.78, 5) is 22.2. The van der Waals surface area contributed by atoms with Crippen LogP contribution >= 0.6 is 0 Å². The van der Waals surface area contributed by atoms with E-state index in [9.17, 15) is 20.0 Å². The maximum Gasteiger partial charge on any atom is 0.273 e. The molecular formula is C15H17N3O5. The molecule has 23 heavy (non-hydrogen) atoms. The van der Waals surface area contributed by atoms with E-state index < -0.39 is 16.6 Å². The van der Waals surface area contributed by atoms with Gasteiger partial charge in [-0.15, -0.1) is 0 Å². The third-order valence-electron chi connectivity index (χ3n) is 3.51. The summed E-state index contributed by atoms with van der Waals surface area (Å²) in [5.41, 5.74) is 1.40. The summed E-state index contributed by atoms with van der Waals surface area (Å²) in [7, 11) is 0. The van der Waals surface area contributed by atoms with E-state index in [1.54, 1.807) is 6.92 Å². The van der Waals surface area contributed by atoms with Crippen molar-refractivity contribution in [2.45, 2.75) is 33.2 Å². The quantitative estimate of drug-likeness (QED) is 0.644. The molecule has 0 aliphatic carbocycles. The molecule has 8 nitrogen and oxygen atoms in total. The van der Waals surface area contributed by atoms with Gasteiger partial charge in [-0.05, 0) is 33.3 Å². The highest BCUT2D eigenvalue weighted by atomic mass is 16.6. The largest absolute Gasteiger partial charge is 0.507 e. The van der Waals surface area contributed by atoms with Gasteiger partial charge in [0.25, 0.3) is 11.6 Å². The van der Waals surface area contributed by atoms with Crippen LogP contribution < -0.4 is 5.32 Å². The second-order valence-corrected chi connectivity index (χ2v) is 5.34. The summed E-state index contributed by atoms with van der Waals surface area (Å²) in [5, 5.41) is 27.0. The second kappa shape index (κ2) is 6.47. The zero-order chi connectivity index (χ0) is 17.1. The number of carbonyl (C=O) groups is 1. The van der Waals surface area contributed by atoms with E-state index >= 15 is 0 Å². The highest BCUT2D eigenvalue weighted by molar-refractivity contribution is 5.97. The molecule has 2 N–H and O–H groups in total. The standard InChI is InChI=1S/C15H17N3O5/c1-8(6-13-9(2)17-23-10(13)3)16-15(20)12-5-4-11(18(21)22)7-14(12)19/h4-5,7-8,19H,6H2,1-3H3,(H,16,20)/t8-/m1/s1. The van der Waals surface area contributed by atoms with Gasteiger partial charge < -0.3 is 14.9 Å². The number of non-ortho nitro benzene ring substituents is 1. The molecule has 0 bridgehead atoms. The second-order valence-electron chi connectivity index (χ2n) is 5.34. The van der Waals surface area contributed by atoms with Gasteiger partial charge in [-0.1, -0.05) is 5.16 Å². The van der Waals surface area contributed by atoms with Crippen LogP contribution in [-0.4, -0.2) is 27.1 Å². The van der Waals surface area contributed by atoms with E-state index in [-0.39, 0.29) is 17.3 Å². The van der Waals surface area contributed by atoms with Gasteiger partial charge in [-0.2, -0.15) is 0 Å². The highest BCUT2D eigenvalue weighted by Gasteiger charge is 2.19. The summed E-state index contributed by atoms with van der Waals surface area (Å²) in [5.74, 6) is -0.236. The molecule has 2 rings (SSSR count). The Kier molecular flexibility index (Phi) is 4.63. The van der Waals surface area contributed by atoms with Crippen molar-refractivity contribution in [3.05, 3.63) is 50.9 Å². The first-order valence-electron chi connectivity index (χ1n) is 6.99. The Morgan fingerprint density at radius 2 is 2.17 bits per heavy atom. The van der Waals surface area contributed by atoms with Gasteiger partial charge in [0.2, 0.25) is 0 Å². The molecule has 0 spiro atoms. The van der Waals surface area contributed by atoms with Crippen LogP contribution in [0.15, 0.2) is 22.7 Å². The lowest BCUT2D eigenvalue weighted by Gasteiger charge is -2.14. The molecule has 8 heteroatoms. The molecule has 1 heterocycles. The number of aromatic nitrogens is 1. The number of benzene rings is 1. The Balaban J connectivity index is 2.08. The summed E-state index contributed by atoms with van der Waals surface area (Å²) in [6, 6.07) is 3.13. The van der Waals surface area contributed by atoms with Crippen LogP contribution in [0.5, 0.6) is 5.75 Å². The number of nitro groups is 1. The monoisotopic (exact) mass is 319 g/mol. The Morgan fingerprint density at radius 3 is 2.70 bits per heavy atom. The summed E-state index contributed by atoms with van der Waals surface area (Å²) in [6.07, 6.45) is 0.528. The molecular weight excluding hydrogens is 302 g/mol. The fourth-order valence-corrected chi connectivity index (χ4v) is 2.28. The summed E-state index contributed by atoms with van der Waals surface area (Å²) < 4.78 is 5.07. The molecule has 1 aromatic heterocycles. The Labute approximate surface area is 132 Å². The smallest absolute Gasteiger partial charge is 0.273 e. The van der Waals surface area contributed by atoms with Gasteiger partial charge in [-0.3, -0.25) is 14.9 Å². The van der Waals surface area contributed by atoms with E-state index in [2.05, 4.69) is 10.5 Å². The molecule has 0 aliphatic heterocycles. The zero-order valence-corrected chi connectivity index (χ0v) is 13.0. The molecule has 0 aliphatic rings. The Hall–Kier alpha value is -2.90.